The Morgan fingerprint density at radius 3 is 2.19 bits per heavy atom. The van der Waals surface area contributed by atoms with Crippen LogP contribution in [0.1, 0.15) is 38.4 Å². The number of esters is 1. The summed E-state index contributed by atoms with van der Waals surface area (Å²) in [5, 5.41) is 0. The van der Waals surface area contributed by atoms with Crippen LogP contribution in [0, 0.1) is 0 Å². The Morgan fingerprint density at radius 2 is 1.59 bits per heavy atom. The van der Waals surface area contributed by atoms with Crippen LogP contribution in [0.15, 0.2) is 65.3 Å². The zero-order valence-corrected chi connectivity index (χ0v) is 14.5. The number of hydrogen-bond donors (Lipinski definition) is 0. The largest absolute Gasteiger partial charge is 0.468 e. The highest BCUT2D eigenvalue weighted by atomic mass is 19.4. The Labute approximate surface area is 154 Å². The fourth-order valence-electron chi connectivity index (χ4n) is 2.86. The first kappa shape index (κ1) is 18.8. The SMILES string of the molecule is COC(=O)c1ccc(Cc2occ(C(F)(F)F)c2Cc2ccccc2)cc1. The molecule has 0 saturated carbocycles. The highest BCUT2D eigenvalue weighted by Crippen LogP contribution is 2.36. The van der Waals surface area contributed by atoms with Gasteiger partial charge < -0.3 is 9.15 Å². The molecule has 1 aromatic heterocycles. The molecule has 0 aliphatic carbocycles. The third-order valence-electron chi connectivity index (χ3n) is 4.25. The number of ether oxygens (including phenoxy) is 1. The molecule has 3 nitrogen and oxygen atoms in total. The Morgan fingerprint density at radius 1 is 0.963 bits per heavy atom. The van der Waals surface area contributed by atoms with Crippen molar-refractivity contribution in [1.29, 1.82) is 0 Å². The van der Waals surface area contributed by atoms with Crippen LogP contribution in [0.3, 0.4) is 0 Å². The molecule has 6 heteroatoms. The monoisotopic (exact) mass is 374 g/mol. The van der Waals surface area contributed by atoms with E-state index >= 15 is 0 Å². The number of alkyl halides is 3. The summed E-state index contributed by atoms with van der Waals surface area (Å²) in [5.41, 5.74) is 1.26. The van der Waals surface area contributed by atoms with Crippen molar-refractivity contribution in [3.63, 3.8) is 0 Å². The van der Waals surface area contributed by atoms with E-state index in [9.17, 15) is 18.0 Å². The number of carbonyl (C=O) groups is 1. The van der Waals surface area contributed by atoms with Crippen molar-refractivity contribution in [3.05, 3.63) is 94.4 Å². The van der Waals surface area contributed by atoms with Gasteiger partial charge in [0.15, 0.2) is 0 Å². The number of hydrogen-bond acceptors (Lipinski definition) is 3. The molecular formula is C21H17F3O3. The standard InChI is InChI=1S/C21H17F3O3/c1-26-20(25)16-9-7-15(8-10-16)12-19-17(11-14-5-3-2-4-6-14)18(13-27-19)21(22,23)24/h2-10,13H,11-12H2,1H3. The molecule has 0 radical (unpaired) electrons. The summed E-state index contributed by atoms with van der Waals surface area (Å²) in [6, 6.07) is 15.4. The van der Waals surface area contributed by atoms with Crippen LogP contribution in [0.4, 0.5) is 13.2 Å². The summed E-state index contributed by atoms with van der Waals surface area (Å²) in [7, 11) is 1.29. The third kappa shape index (κ3) is 4.39. The average Bonchev–Trinajstić information content (AvgIpc) is 3.05. The lowest BCUT2D eigenvalue weighted by Crippen LogP contribution is -2.08. The van der Waals surface area contributed by atoms with Crippen LogP contribution < -0.4 is 0 Å². The molecule has 27 heavy (non-hydrogen) atoms. The van der Waals surface area contributed by atoms with Crippen molar-refractivity contribution in [2.75, 3.05) is 7.11 Å². The minimum absolute atomic E-state index is 0.127. The van der Waals surface area contributed by atoms with E-state index in [2.05, 4.69) is 4.74 Å². The van der Waals surface area contributed by atoms with Gasteiger partial charge >= 0.3 is 12.1 Å². The van der Waals surface area contributed by atoms with Crippen molar-refractivity contribution in [2.24, 2.45) is 0 Å². The van der Waals surface area contributed by atoms with E-state index in [0.29, 0.717) is 5.56 Å². The predicted molar refractivity (Wildman–Crippen MR) is 93.5 cm³/mol. The Hall–Kier alpha value is -3.02. The zero-order chi connectivity index (χ0) is 19.4. The van der Waals surface area contributed by atoms with E-state index in [4.69, 9.17) is 4.42 Å². The number of rotatable bonds is 5. The molecule has 0 spiro atoms. The van der Waals surface area contributed by atoms with Crippen molar-refractivity contribution in [1.82, 2.24) is 0 Å². The Kier molecular flexibility index (Phi) is 5.35. The lowest BCUT2D eigenvalue weighted by molar-refractivity contribution is -0.138. The average molecular weight is 374 g/mol. The predicted octanol–water partition coefficient (Wildman–Crippen LogP) is 5.27. The van der Waals surface area contributed by atoms with Crippen LogP contribution >= 0.6 is 0 Å². The number of furan rings is 1. The second kappa shape index (κ2) is 7.70. The second-order valence-electron chi connectivity index (χ2n) is 6.08. The molecular weight excluding hydrogens is 357 g/mol. The van der Waals surface area contributed by atoms with Gasteiger partial charge in [-0.05, 0) is 23.3 Å². The second-order valence-corrected chi connectivity index (χ2v) is 6.08. The van der Waals surface area contributed by atoms with Gasteiger partial charge in [0.1, 0.15) is 12.0 Å². The van der Waals surface area contributed by atoms with Gasteiger partial charge in [0.25, 0.3) is 0 Å². The first-order chi connectivity index (χ1) is 12.9. The minimum atomic E-state index is -4.49. The van der Waals surface area contributed by atoms with Crippen molar-refractivity contribution in [2.45, 2.75) is 19.0 Å². The lowest BCUT2D eigenvalue weighted by atomic mass is 9.98. The number of halogens is 3. The highest BCUT2D eigenvalue weighted by molar-refractivity contribution is 5.89. The van der Waals surface area contributed by atoms with Gasteiger partial charge in [-0.2, -0.15) is 13.2 Å². The van der Waals surface area contributed by atoms with Gasteiger partial charge in [0, 0.05) is 18.4 Å². The van der Waals surface area contributed by atoms with Crippen molar-refractivity contribution < 1.29 is 27.1 Å². The maximum atomic E-state index is 13.4. The van der Waals surface area contributed by atoms with Gasteiger partial charge in [-0.1, -0.05) is 42.5 Å². The minimum Gasteiger partial charge on any atom is -0.468 e. The number of carbonyl (C=O) groups excluding carboxylic acids is 1. The first-order valence-corrected chi connectivity index (χ1v) is 8.26. The molecule has 1 heterocycles. The summed E-state index contributed by atoms with van der Waals surface area (Å²) in [6.07, 6.45) is -3.39. The molecule has 0 aliphatic heterocycles. The van der Waals surface area contributed by atoms with E-state index in [0.717, 1.165) is 17.4 Å². The topological polar surface area (TPSA) is 39.4 Å². The van der Waals surface area contributed by atoms with E-state index in [1.165, 1.54) is 7.11 Å². The first-order valence-electron chi connectivity index (χ1n) is 8.26. The van der Waals surface area contributed by atoms with Gasteiger partial charge in [-0.3, -0.25) is 0 Å². The lowest BCUT2D eigenvalue weighted by Gasteiger charge is -2.09. The highest BCUT2D eigenvalue weighted by Gasteiger charge is 2.36. The van der Waals surface area contributed by atoms with E-state index in [1.807, 2.05) is 6.07 Å². The molecule has 0 N–H and O–H groups in total. The summed E-state index contributed by atoms with van der Waals surface area (Å²) in [6.45, 7) is 0. The number of methoxy groups -OCH3 is 1. The molecule has 3 aromatic rings. The molecule has 2 aromatic carbocycles. The van der Waals surface area contributed by atoms with Crippen molar-refractivity contribution >= 4 is 5.97 Å². The Bertz CT molecular complexity index is 910. The maximum absolute atomic E-state index is 13.4. The quantitative estimate of drug-likeness (QED) is 0.572. The summed E-state index contributed by atoms with van der Waals surface area (Å²) in [5.74, 6) is -0.208. The Balaban J connectivity index is 1.91. The fraction of sp³-hybridized carbons (Fsp3) is 0.190. The van der Waals surface area contributed by atoms with Gasteiger partial charge in [-0.15, -0.1) is 0 Å². The molecule has 140 valence electrons. The molecule has 0 saturated heterocycles. The molecule has 0 fully saturated rings. The van der Waals surface area contributed by atoms with Crippen LogP contribution in [0.25, 0.3) is 0 Å². The van der Waals surface area contributed by atoms with E-state index < -0.39 is 17.7 Å². The smallest absolute Gasteiger partial charge is 0.419 e. The van der Waals surface area contributed by atoms with Gasteiger partial charge in [0.05, 0.1) is 18.2 Å². The number of benzene rings is 2. The summed E-state index contributed by atoms with van der Waals surface area (Å²) >= 11 is 0. The summed E-state index contributed by atoms with van der Waals surface area (Å²) in [4.78, 5) is 11.5. The van der Waals surface area contributed by atoms with E-state index in [-0.39, 0.29) is 24.2 Å². The maximum Gasteiger partial charge on any atom is 0.419 e. The van der Waals surface area contributed by atoms with Gasteiger partial charge in [-0.25, -0.2) is 4.79 Å². The fourth-order valence-corrected chi connectivity index (χ4v) is 2.86. The summed E-state index contributed by atoms with van der Waals surface area (Å²) < 4.78 is 50.0. The molecule has 3 rings (SSSR count). The molecule has 0 unspecified atom stereocenters. The van der Waals surface area contributed by atoms with Crippen LogP contribution in [0.5, 0.6) is 0 Å². The normalized spacial score (nSPS) is 11.4. The molecule has 0 atom stereocenters. The van der Waals surface area contributed by atoms with Crippen LogP contribution in [-0.2, 0) is 23.8 Å². The van der Waals surface area contributed by atoms with Crippen LogP contribution in [0.2, 0.25) is 0 Å². The molecule has 0 amide bonds. The van der Waals surface area contributed by atoms with Gasteiger partial charge in [0.2, 0.25) is 0 Å². The van der Waals surface area contributed by atoms with Crippen LogP contribution in [-0.4, -0.2) is 13.1 Å². The molecule has 0 aliphatic rings. The van der Waals surface area contributed by atoms with Crippen molar-refractivity contribution in [3.8, 4) is 0 Å². The van der Waals surface area contributed by atoms with E-state index in [1.54, 1.807) is 48.5 Å². The molecule has 0 bridgehead atoms. The zero-order valence-electron chi connectivity index (χ0n) is 14.5. The third-order valence-corrected chi connectivity index (χ3v) is 4.25.